The van der Waals surface area contributed by atoms with Gasteiger partial charge in [-0.05, 0) is 44.7 Å². The van der Waals surface area contributed by atoms with Crippen molar-refractivity contribution in [2.45, 2.75) is 39.0 Å². The fraction of sp³-hybridized carbons (Fsp3) is 0.438. The molecule has 0 spiro atoms. The summed E-state index contributed by atoms with van der Waals surface area (Å²) >= 11 is 0. The van der Waals surface area contributed by atoms with Crippen LogP contribution in [-0.2, 0) is 5.41 Å². The average molecular weight is 256 g/mol. The quantitative estimate of drug-likeness (QED) is 0.886. The molecule has 19 heavy (non-hydrogen) atoms. The summed E-state index contributed by atoms with van der Waals surface area (Å²) < 4.78 is 0. The molecule has 0 unspecified atom stereocenters. The first kappa shape index (κ1) is 12.4. The minimum absolute atomic E-state index is 0.0925. The Morgan fingerprint density at radius 2 is 1.84 bits per heavy atom. The monoisotopic (exact) mass is 256 g/mol. The molecule has 0 aliphatic heterocycles. The van der Waals surface area contributed by atoms with Crippen LogP contribution in [0.5, 0.6) is 0 Å². The maximum absolute atomic E-state index is 9.48. The number of hydrogen-bond acceptors (Lipinski definition) is 2. The van der Waals surface area contributed by atoms with Gasteiger partial charge in [0.2, 0.25) is 0 Å². The van der Waals surface area contributed by atoms with E-state index in [9.17, 15) is 5.11 Å². The highest BCUT2D eigenvalue weighted by atomic mass is 16.3. The molecule has 3 rings (SSSR count). The second-order valence-corrected chi connectivity index (χ2v) is 5.86. The number of aromatic amines is 1. The molecule has 100 valence electrons. The van der Waals surface area contributed by atoms with E-state index < -0.39 is 0 Å². The summed E-state index contributed by atoms with van der Waals surface area (Å²) in [6.45, 7) is 6.57. The number of imidazole rings is 1. The highest BCUT2D eigenvalue weighted by Crippen LogP contribution is 2.46. The van der Waals surface area contributed by atoms with Crippen LogP contribution < -0.4 is 0 Å². The standard InChI is InChI=1S/C16H20N2O/c1-10-6-11(2)14(12(3)7-10)13-8-17-15(18-13)16(9-19)4-5-16/h6-8,19H,4-5,9H2,1-3H3,(H,17,18). The summed E-state index contributed by atoms with van der Waals surface area (Å²) in [4.78, 5) is 7.90. The van der Waals surface area contributed by atoms with Gasteiger partial charge in [0.15, 0.2) is 0 Å². The molecule has 1 aromatic carbocycles. The minimum atomic E-state index is -0.0925. The lowest BCUT2D eigenvalue weighted by Gasteiger charge is -2.10. The van der Waals surface area contributed by atoms with Gasteiger partial charge in [0.25, 0.3) is 0 Å². The Labute approximate surface area is 113 Å². The number of hydrogen-bond donors (Lipinski definition) is 2. The lowest BCUT2D eigenvalue weighted by atomic mass is 9.98. The fourth-order valence-electron chi connectivity index (χ4n) is 2.94. The lowest BCUT2D eigenvalue weighted by molar-refractivity contribution is 0.250. The van der Waals surface area contributed by atoms with Crippen molar-refractivity contribution in [2.75, 3.05) is 6.61 Å². The van der Waals surface area contributed by atoms with E-state index in [0.29, 0.717) is 0 Å². The molecule has 0 saturated heterocycles. The summed E-state index contributed by atoms with van der Waals surface area (Å²) in [7, 11) is 0. The second-order valence-electron chi connectivity index (χ2n) is 5.86. The number of nitrogens with zero attached hydrogens (tertiary/aromatic N) is 1. The van der Waals surface area contributed by atoms with Gasteiger partial charge in [-0.25, -0.2) is 4.98 Å². The fourth-order valence-corrected chi connectivity index (χ4v) is 2.94. The van der Waals surface area contributed by atoms with Gasteiger partial charge in [-0.3, -0.25) is 0 Å². The third-order valence-corrected chi connectivity index (χ3v) is 4.18. The van der Waals surface area contributed by atoms with Crippen LogP contribution >= 0.6 is 0 Å². The van der Waals surface area contributed by atoms with Crippen LogP contribution in [0.2, 0.25) is 0 Å². The molecule has 1 saturated carbocycles. The molecule has 0 amide bonds. The van der Waals surface area contributed by atoms with Crippen LogP contribution in [0.3, 0.4) is 0 Å². The zero-order chi connectivity index (χ0) is 13.6. The molecule has 1 heterocycles. The SMILES string of the molecule is Cc1cc(C)c(-c2cnc(C3(CO)CC3)[nH]2)c(C)c1. The number of nitrogens with one attached hydrogen (secondary N) is 1. The van der Waals surface area contributed by atoms with E-state index in [4.69, 9.17) is 0 Å². The highest BCUT2D eigenvalue weighted by molar-refractivity contribution is 5.68. The van der Waals surface area contributed by atoms with Crippen molar-refractivity contribution in [3.05, 3.63) is 40.8 Å². The first-order chi connectivity index (χ1) is 9.05. The summed E-state index contributed by atoms with van der Waals surface area (Å²) in [5, 5.41) is 9.48. The van der Waals surface area contributed by atoms with Crippen LogP contribution in [0.15, 0.2) is 18.3 Å². The van der Waals surface area contributed by atoms with E-state index in [2.05, 4.69) is 42.9 Å². The Balaban J connectivity index is 2.04. The largest absolute Gasteiger partial charge is 0.395 e. The maximum Gasteiger partial charge on any atom is 0.115 e. The number of aliphatic hydroxyl groups excluding tert-OH is 1. The molecule has 2 N–H and O–H groups in total. The lowest BCUT2D eigenvalue weighted by Crippen LogP contribution is -2.13. The van der Waals surface area contributed by atoms with Gasteiger partial charge in [0.05, 0.1) is 23.9 Å². The van der Waals surface area contributed by atoms with E-state index in [0.717, 1.165) is 24.4 Å². The van der Waals surface area contributed by atoms with Crippen molar-refractivity contribution >= 4 is 0 Å². The molecule has 1 fully saturated rings. The number of aromatic nitrogens is 2. The number of rotatable bonds is 3. The van der Waals surface area contributed by atoms with Crippen molar-refractivity contribution in [3.8, 4) is 11.3 Å². The molecular formula is C16H20N2O. The molecular weight excluding hydrogens is 236 g/mol. The molecule has 3 nitrogen and oxygen atoms in total. The van der Waals surface area contributed by atoms with E-state index >= 15 is 0 Å². The summed E-state index contributed by atoms with van der Waals surface area (Å²) in [5.41, 5.74) is 6.02. The maximum atomic E-state index is 9.48. The molecule has 1 aromatic heterocycles. The molecule has 1 aliphatic rings. The van der Waals surface area contributed by atoms with Gasteiger partial charge in [0.1, 0.15) is 5.82 Å². The number of benzene rings is 1. The van der Waals surface area contributed by atoms with E-state index in [-0.39, 0.29) is 12.0 Å². The van der Waals surface area contributed by atoms with Crippen molar-refractivity contribution in [1.29, 1.82) is 0 Å². The number of aliphatic hydroxyl groups is 1. The first-order valence-corrected chi connectivity index (χ1v) is 6.80. The van der Waals surface area contributed by atoms with E-state index in [1.54, 1.807) is 0 Å². The van der Waals surface area contributed by atoms with Crippen molar-refractivity contribution < 1.29 is 5.11 Å². The predicted molar refractivity (Wildman–Crippen MR) is 76.2 cm³/mol. The summed E-state index contributed by atoms with van der Waals surface area (Å²) in [6.07, 6.45) is 3.96. The zero-order valence-electron chi connectivity index (χ0n) is 11.7. The Hall–Kier alpha value is -1.61. The normalized spacial score (nSPS) is 16.6. The number of H-pyrrole nitrogens is 1. The van der Waals surface area contributed by atoms with Crippen molar-refractivity contribution in [2.24, 2.45) is 0 Å². The third kappa shape index (κ3) is 1.98. The Morgan fingerprint density at radius 1 is 1.21 bits per heavy atom. The zero-order valence-corrected chi connectivity index (χ0v) is 11.7. The second kappa shape index (κ2) is 4.20. The minimum Gasteiger partial charge on any atom is -0.395 e. The van der Waals surface area contributed by atoms with Crippen molar-refractivity contribution in [1.82, 2.24) is 9.97 Å². The average Bonchev–Trinajstić information content (AvgIpc) is 3.00. The van der Waals surface area contributed by atoms with Gasteiger partial charge < -0.3 is 10.1 Å². The van der Waals surface area contributed by atoms with E-state index in [1.165, 1.54) is 22.3 Å². The molecule has 3 heteroatoms. The first-order valence-electron chi connectivity index (χ1n) is 6.80. The van der Waals surface area contributed by atoms with Gasteiger partial charge in [0, 0.05) is 5.56 Å². The highest BCUT2D eigenvalue weighted by Gasteiger charge is 2.46. The van der Waals surface area contributed by atoms with Gasteiger partial charge in [-0.2, -0.15) is 0 Å². The van der Waals surface area contributed by atoms with Crippen LogP contribution in [-0.4, -0.2) is 21.7 Å². The smallest absolute Gasteiger partial charge is 0.115 e. The van der Waals surface area contributed by atoms with Gasteiger partial charge in [-0.1, -0.05) is 17.7 Å². The third-order valence-electron chi connectivity index (χ3n) is 4.18. The van der Waals surface area contributed by atoms with Crippen LogP contribution in [0, 0.1) is 20.8 Å². The van der Waals surface area contributed by atoms with Crippen LogP contribution in [0.4, 0.5) is 0 Å². The molecule has 1 aliphatic carbocycles. The molecule has 0 bridgehead atoms. The predicted octanol–water partition coefficient (Wildman–Crippen LogP) is 3.03. The summed E-state index contributed by atoms with van der Waals surface area (Å²) in [5.74, 6) is 0.935. The van der Waals surface area contributed by atoms with Crippen molar-refractivity contribution in [3.63, 3.8) is 0 Å². The molecule has 0 atom stereocenters. The van der Waals surface area contributed by atoms with Crippen LogP contribution in [0.25, 0.3) is 11.3 Å². The van der Waals surface area contributed by atoms with E-state index in [1.807, 2.05) is 6.20 Å². The summed E-state index contributed by atoms with van der Waals surface area (Å²) in [6, 6.07) is 4.39. The topological polar surface area (TPSA) is 48.9 Å². The molecule has 0 radical (unpaired) electrons. The number of aryl methyl sites for hydroxylation is 3. The van der Waals surface area contributed by atoms with Gasteiger partial charge >= 0.3 is 0 Å². The molecule has 2 aromatic rings. The Morgan fingerprint density at radius 3 is 2.37 bits per heavy atom. The van der Waals surface area contributed by atoms with Gasteiger partial charge in [-0.15, -0.1) is 0 Å². The Kier molecular flexibility index (Phi) is 2.75. The Bertz CT molecular complexity index is 600. The van der Waals surface area contributed by atoms with Crippen LogP contribution in [0.1, 0.15) is 35.4 Å².